The molecule has 0 bridgehead atoms. The van der Waals surface area contributed by atoms with Crippen LogP contribution in [0.5, 0.6) is 0 Å². The van der Waals surface area contributed by atoms with Gasteiger partial charge in [-0.25, -0.2) is 0 Å². The highest BCUT2D eigenvalue weighted by Crippen LogP contribution is 2.36. The molecule has 0 spiro atoms. The zero-order valence-electron chi connectivity index (χ0n) is 15.0. The molecule has 2 aromatic rings. The van der Waals surface area contributed by atoms with Crippen LogP contribution in [-0.2, 0) is 17.8 Å². The van der Waals surface area contributed by atoms with E-state index in [1.54, 1.807) is 24.0 Å². The third-order valence-corrected chi connectivity index (χ3v) is 5.62. The lowest BCUT2D eigenvalue weighted by molar-refractivity contribution is -0.129. The summed E-state index contributed by atoms with van der Waals surface area (Å²) < 4.78 is 0. The van der Waals surface area contributed by atoms with Crippen LogP contribution in [0.4, 0.5) is 10.7 Å². The highest BCUT2D eigenvalue weighted by Gasteiger charge is 2.26. The van der Waals surface area contributed by atoms with Crippen LogP contribution in [0.1, 0.15) is 33.3 Å². The molecule has 1 aromatic carbocycles. The van der Waals surface area contributed by atoms with Crippen molar-refractivity contribution in [3.8, 4) is 6.07 Å². The summed E-state index contributed by atoms with van der Waals surface area (Å²) in [4.78, 5) is 28.8. The molecule has 6 nitrogen and oxygen atoms in total. The first-order valence-electron chi connectivity index (χ1n) is 8.29. The maximum Gasteiger partial charge on any atom is 0.256 e. The van der Waals surface area contributed by atoms with E-state index in [1.165, 1.54) is 11.3 Å². The fraction of sp³-hybridized carbons (Fsp3) is 0.316. The monoisotopic (exact) mass is 368 g/mol. The Morgan fingerprint density at radius 1 is 1.27 bits per heavy atom. The molecule has 26 heavy (non-hydrogen) atoms. The zero-order valence-corrected chi connectivity index (χ0v) is 15.8. The molecule has 1 aromatic heterocycles. The van der Waals surface area contributed by atoms with Gasteiger partial charge in [-0.1, -0.05) is 0 Å². The van der Waals surface area contributed by atoms with E-state index in [0.717, 1.165) is 16.1 Å². The van der Waals surface area contributed by atoms with Crippen LogP contribution in [0.25, 0.3) is 0 Å². The van der Waals surface area contributed by atoms with Crippen molar-refractivity contribution >= 4 is 33.8 Å². The SMILES string of the molecule is CC(=O)N1CCc2c(sc(NC(=O)c3ccc(N(C)C)cc3)c2C#N)C1. The number of nitrogens with one attached hydrogen (secondary N) is 1. The second kappa shape index (κ2) is 7.18. The molecular weight excluding hydrogens is 348 g/mol. The summed E-state index contributed by atoms with van der Waals surface area (Å²) in [7, 11) is 3.88. The number of anilines is 2. The Morgan fingerprint density at radius 3 is 2.54 bits per heavy atom. The molecule has 0 saturated heterocycles. The van der Waals surface area contributed by atoms with Crippen molar-refractivity contribution in [2.75, 3.05) is 30.9 Å². The molecule has 0 radical (unpaired) electrons. The average Bonchev–Trinajstić information content (AvgIpc) is 2.97. The van der Waals surface area contributed by atoms with Gasteiger partial charge in [-0.15, -0.1) is 11.3 Å². The van der Waals surface area contributed by atoms with Gasteiger partial charge in [-0.2, -0.15) is 5.26 Å². The van der Waals surface area contributed by atoms with Crippen molar-refractivity contribution in [2.24, 2.45) is 0 Å². The van der Waals surface area contributed by atoms with Crippen LogP contribution in [0.3, 0.4) is 0 Å². The van der Waals surface area contributed by atoms with Crippen LogP contribution in [-0.4, -0.2) is 37.4 Å². The summed E-state index contributed by atoms with van der Waals surface area (Å²) in [5.74, 6) is -0.219. The number of thiophene rings is 1. The molecule has 0 atom stereocenters. The van der Waals surface area contributed by atoms with Crippen LogP contribution in [0.15, 0.2) is 24.3 Å². The molecule has 0 aliphatic carbocycles. The molecular formula is C19H20N4O2S. The molecule has 0 saturated carbocycles. The lowest BCUT2D eigenvalue weighted by Gasteiger charge is -2.25. The minimum Gasteiger partial charge on any atom is -0.378 e. The van der Waals surface area contributed by atoms with Gasteiger partial charge in [0.15, 0.2) is 0 Å². The Kier molecular flexibility index (Phi) is 4.96. The smallest absolute Gasteiger partial charge is 0.256 e. The predicted molar refractivity (Wildman–Crippen MR) is 103 cm³/mol. The lowest BCUT2D eigenvalue weighted by atomic mass is 10.0. The van der Waals surface area contributed by atoms with E-state index in [2.05, 4.69) is 11.4 Å². The van der Waals surface area contributed by atoms with Crippen molar-refractivity contribution in [3.63, 3.8) is 0 Å². The van der Waals surface area contributed by atoms with Crippen molar-refractivity contribution in [3.05, 3.63) is 45.8 Å². The topological polar surface area (TPSA) is 76.4 Å². The lowest BCUT2D eigenvalue weighted by Crippen LogP contribution is -2.33. The van der Waals surface area contributed by atoms with Crippen LogP contribution >= 0.6 is 11.3 Å². The first kappa shape index (κ1) is 18.0. The van der Waals surface area contributed by atoms with E-state index in [9.17, 15) is 14.9 Å². The van der Waals surface area contributed by atoms with Gasteiger partial charge in [0.1, 0.15) is 11.1 Å². The number of hydrogen-bond acceptors (Lipinski definition) is 5. The van der Waals surface area contributed by atoms with E-state index >= 15 is 0 Å². The van der Waals surface area contributed by atoms with E-state index in [1.807, 2.05) is 31.1 Å². The van der Waals surface area contributed by atoms with Gasteiger partial charge in [-0.3, -0.25) is 9.59 Å². The molecule has 1 aliphatic heterocycles. The summed E-state index contributed by atoms with van der Waals surface area (Å²) in [6.07, 6.45) is 0.641. The van der Waals surface area contributed by atoms with Gasteiger partial charge in [0.2, 0.25) is 5.91 Å². The molecule has 2 heterocycles. The number of nitriles is 1. The third-order valence-electron chi connectivity index (χ3n) is 4.49. The molecule has 0 fully saturated rings. The van der Waals surface area contributed by atoms with E-state index in [0.29, 0.717) is 35.6 Å². The second-order valence-corrected chi connectivity index (χ2v) is 7.51. The van der Waals surface area contributed by atoms with Crippen molar-refractivity contribution in [1.82, 2.24) is 4.90 Å². The zero-order chi connectivity index (χ0) is 18.8. The van der Waals surface area contributed by atoms with Gasteiger partial charge in [0.05, 0.1) is 12.1 Å². The fourth-order valence-corrected chi connectivity index (χ4v) is 4.17. The highest BCUT2D eigenvalue weighted by atomic mass is 32.1. The number of amides is 2. The number of carbonyl (C=O) groups excluding carboxylic acids is 2. The number of hydrogen-bond donors (Lipinski definition) is 1. The number of rotatable bonds is 3. The highest BCUT2D eigenvalue weighted by molar-refractivity contribution is 7.16. The molecule has 7 heteroatoms. The molecule has 3 rings (SSSR count). The Morgan fingerprint density at radius 2 is 1.96 bits per heavy atom. The molecule has 2 amide bonds. The van der Waals surface area contributed by atoms with Crippen LogP contribution in [0, 0.1) is 11.3 Å². The molecule has 134 valence electrons. The fourth-order valence-electron chi connectivity index (χ4n) is 2.96. The predicted octanol–water partition coefficient (Wildman–Crippen LogP) is 2.84. The van der Waals surface area contributed by atoms with E-state index < -0.39 is 0 Å². The largest absolute Gasteiger partial charge is 0.378 e. The van der Waals surface area contributed by atoms with Gasteiger partial charge in [-0.05, 0) is 36.2 Å². The summed E-state index contributed by atoms with van der Waals surface area (Å²) in [5, 5.41) is 13.0. The summed E-state index contributed by atoms with van der Waals surface area (Å²) >= 11 is 1.38. The summed E-state index contributed by atoms with van der Waals surface area (Å²) in [5.41, 5.74) is 3.02. The maximum absolute atomic E-state index is 12.6. The summed E-state index contributed by atoms with van der Waals surface area (Å²) in [6, 6.07) is 9.50. The Balaban J connectivity index is 1.83. The normalized spacial score (nSPS) is 12.9. The molecule has 0 unspecified atom stereocenters. The van der Waals surface area contributed by atoms with Crippen molar-refractivity contribution in [1.29, 1.82) is 5.26 Å². The minimum absolute atomic E-state index is 0.0223. The van der Waals surface area contributed by atoms with Gasteiger partial charge in [0.25, 0.3) is 5.91 Å². The number of fused-ring (bicyclic) bond motifs is 1. The van der Waals surface area contributed by atoms with E-state index in [4.69, 9.17) is 0 Å². The average molecular weight is 368 g/mol. The number of benzene rings is 1. The number of nitrogens with zero attached hydrogens (tertiary/aromatic N) is 3. The Hall–Kier alpha value is -2.85. The molecule has 1 N–H and O–H groups in total. The third kappa shape index (κ3) is 3.41. The Bertz CT molecular complexity index is 893. The second-order valence-electron chi connectivity index (χ2n) is 6.41. The van der Waals surface area contributed by atoms with Crippen LogP contribution < -0.4 is 10.2 Å². The first-order chi connectivity index (χ1) is 12.4. The van der Waals surface area contributed by atoms with Crippen molar-refractivity contribution in [2.45, 2.75) is 19.9 Å². The van der Waals surface area contributed by atoms with E-state index in [-0.39, 0.29) is 11.8 Å². The van der Waals surface area contributed by atoms with Gasteiger partial charge < -0.3 is 15.1 Å². The number of carbonyl (C=O) groups is 2. The Labute approximate surface area is 156 Å². The van der Waals surface area contributed by atoms with Crippen molar-refractivity contribution < 1.29 is 9.59 Å². The quantitative estimate of drug-likeness (QED) is 0.904. The maximum atomic E-state index is 12.6. The minimum atomic E-state index is -0.242. The van der Waals surface area contributed by atoms with Gasteiger partial charge in [0, 0.05) is 43.7 Å². The van der Waals surface area contributed by atoms with Gasteiger partial charge >= 0.3 is 0 Å². The molecule has 1 aliphatic rings. The standard InChI is InChI=1S/C19H20N4O2S/c1-12(24)23-9-8-15-16(10-20)19(26-17(15)11-23)21-18(25)13-4-6-14(7-5-13)22(2)3/h4-7H,8-9,11H2,1-3H3,(H,21,25). The summed E-state index contributed by atoms with van der Waals surface area (Å²) in [6.45, 7) is 2.65. The first-order valence-corrected chi connectivity index (χ1v) is 9.11. The van der Waals surface area contributed by atoms with Crippen LogP contribution in [0.2, 0.25) is 0 Å².